The summed E-state index contributed by atoms with van der Waals surface area (Å²) in [4.78, 5) is 10.9. The summed E-state index contributed by atoms with van der Waals surface area (Å²) in [5.74, 6) is -0.231. The van der Waals surface area contributed by atoms with E-state index < -0.39 is 11.5 Å². The fourth-order valence-electron chi connectivity index (χ4n) is 0.967. The molecule has 1 heterocycles. The second-order valence-electron chi connectivity index (χ2n) is 3.32. The number of rotatable bonds is 5. The molecular weight excluding hydrogens is 184 g/mol. The van der Waals surface area contributed by atoms with E-state index in [4.69, 9.17) is 9.63 Å². The molecule has 1 aromatic rings. The van der Waals surface area contributed by atoms with Gasteiger partial charge in [-0.2, -0.15) is 0 Å². The average Bonchev–Trinajstić information content (AvgIpc) is 2.66. The van der Waals surface area contributed by atoms with E-state index in [9.17, 15) is 4.79 Å². The molecule has 1 atom stereocenters. The van der Waals surface area contributed by atoms with E-state index in [1.807, 2.05) is 6.92 Å². The highest BCUT2D eigenvalue weighted by atomic mass is 16.5. The van der Waals surface area contributed by atoms with Crippen LogP contribution in [-0.4, -0.2) is 21.8 Å². The minimum absolute atomic E-state index is 0.372. The zero-order valence-electron chi connectivity index (χ0n) is 8.28. The lowest BCUT2D eigenvalue weighted by atomic mass is 9.99. The van der Waals surface area contributed by atoms with E-state index in [0.29, 0.717) is 18.7 Å². The van der Waals surface area contributed by atoms with E-state index in [1.165, 1.54) is 6.20 Å². The van der Waals surface area contributed by atoms with Crippen LogP contribution in [0.3, 0.4) is 0 Å². The lowest BCUT2D eigenvalue weighted by Gasteiger charge is -2.23. The highest BCUT2D eigenvalue weighted by Gasteiger charge is 2.30. The first kappa shape index (κ1) is 10.7. The third kappa shape index (κ3) is 2.32. The molecule has 5 heteroatoms. The van der Waals surface area contributed by atoms with Gasteiger partial charge in [-0.15, -0.1) is 0 Å². The molecule has 0 aliphatic carbocycles. The van der Waals surface area contributed by atoms with Gasteiger partial charge in [0.05, 0.1) is 12.7 Å². The molecule has 0 bridgehead atoms. The molecule has 1 unspecified atom stereocenters. The van der Waals surface area contributed by atoms with E-state index in [-0.39, 0.29) is 0 Å². The first-order chi connectivity index (χ1) is 6.58. The molecule has 0 aliphatic heterocycles. The van der Waals surface area contributed by atoms with Gasteiger partial charge in [-0.3, -0.25) is 10.1 Å². The molecule has 0 amide bonds. The standard InChI is InChI=1S/C9H14N2O3/c1-3-9(2,8(12)13)10-6-7-4-5-11-14-7/h4-5,10H,3,6H2,1-2H3,(H,12,13). The summed E-state index contributed by atoms with van der Waals surface area (Å²) in [6.45, 7) is 3.84. The maximum Gasteiger partial charge on any atom is 0.323 e. The summed E-state index contributed by atoms with van der Waals surface area (Å²) in [5.41, 5.74) is -0.910. The van der Waals surface area contributed by atoms with Crippen molar-refractivity contribution in [3.05, 3.63) is 18.0 Å². The van der Waals surface area contributed by atoms with Crippen LogP contribution >= 0.6 is 0 Å². The van der Waals surface area contributed by atoms with Crippen LogP contribution in [0.25, 0.3) is 0 Å². The molecule has 0 radical (unpaired) electrons. The molecule has 0 saturated carbocycles. The lowest BCUT2D eigenvalue weighted by Crippen LogP contribution is -2.48. The van der Waals surface area contributed by atoms with Gasteiger partial charge in [0.1, 0.15) is 11.3 Å². The highest BCUT2D eigenvalue weighted by Crippen LogP contribution is 2.10. The average molecular weight is 198 g/mol. The molecule has 0 aliphatic rings. The van der Waals surface area contributed by atoms with E-state index >= 15 is 0 Å². The number of hydrogen-bond donors (Lipinski definition) is 2. The Labute approximate surface area is 82.1 Å². The van der Waals surface area contributed by atoms with Gasteiger partial charge >= 0.3 is 5.97 Å². The normalized spacial score (nSPS) is 15.0. The largest absolute Gasteiger partial charge is 0.480 e. The number of nitrogens with one attached hydrogen (secondary N) is 1. The molecule has 1 aromatic heterocycles. The van der Waals surface area contributed by atoms with Gasteiger partial charge in [-0.25, -0.2) is 0 Å². The summed E-state index contributed by atoms with van der Waals surface area (Å²) < 4.78 is 4.85. The number of nitrogens with zero attached hydrogens (tertiary/aromatic N) is 1. The maximum atomic E-state index is 10.9. The van der Waals surface area contributed by atoms with Crippen LogP contribution in [-0.2, 0) is 11.3 Å². The maximum absolute atomic E-state index is 10.9. The number of hydrogen-bond acceptors (Lipinski definition) is 4. The van der Waals surface area contributed by atoms with Crippen molar-refractivity contribution in [2.75, 3.05) is 0 Å². The van der Waals surface area contributed by atoms with Crippen molar-refractivity contribution in [2.45, 2.75) is 32.4 Å². The van der Waals surface area contributed by atoms with Gasteiger partial charge in [0.15, 0.2) is 0 Å². The smallest absolute Gasteiger partial charge is 0.323 e. The fraction of sp³-hybridized carbons (Fsp3) is 0.556. The van der Waals surface area contributed by atoms with Crippen LogP contribution in [0.2, 0.25) is 0 Å². The molecule has 0 spiro atoms. The third-order valence-corrected chi connectivity index (χ3v) is 2.32. The van der Waals surface area contributed by atoms with E-state index in [2.05, 4.69) is 10.5 Å². The second-order valence-corrected chi connectivity index (χ2v) is 3.32. The number of carboxylic acid groups (broad SMARTS) is 1. The van der Waals surface area contributed by atoms with Gasteiger partial charge in [0, 0.05) is 6.07 Å². The Hall–Kier alpha value is -1.36. The molecule has 1 rings (SSSR count). The van der Waals surface area contributed by atoms with Crippen molar-refractivity contribution in [1.82, 2.24) is 10.5 Å². The lowest BCUT2D eigenvalue weighted by molar-refractivity contribution is -0.144. The van der Waals surface area contributed by atoms with E-state index in [1.54, 1.807) is 13.0 Å². The van der Waals surface area contributed by atoms with Crippen molar-refractivity contribution in [1.29, 1.82) is 0 Å². The molecule has 0 aromatic carbocycles. The Morgan fingerprint density at radius 3 is 2.93 bits per heavy atom. The van der Waals surface area contributed by atoms with Gasteiger partial charge in [-0.1, -0.05) is 12.1 Å². The van der Waals surface area contributed by atoms with Crippen molar-refractivity contribution < 1.29 is 14.4 Å². The molecular formula is C9H14N2O3. The molecule has 78 valence electrons. The predicted molar refractivity (Wildman–Crippen MR) is 49.7 cm³/mol. The predicted octanol–water partition coefficient (Wildman–Crippen LogP) is 1.02. The molecule has 14 heavy (non-hydrogen) atoms. The van der Waals surface area contributed by atoms with Gasteiger partial charge in [0.2, 0.25) is 0 Å². The number of carbonyl (C=O) groups is 1. The first-order valence-electron chi connectivity index (χ1n) is 4.46. The summed E-state index contributed by atoms with van der Waals surface area (Å²) in [6.07, 6.45) is 2.04. The van der Waals surface area contributed by atoms with Crippen LogP contribution in [0, 0.1) is 0 Å². The quantitative estimate of drug-likeness (QED) is 0.738. The Bertz CT molecular complexity index is 297. The van der Waals surface area contributed by atoms with Crippen LogP contribution in [0.15, 0.2) is 16.8 Å². The van der Waals surface area contributed by atoms with Crippen molar-refractivity contribution in [2.24, 2.45) is 0 Å². The van der Waals surface area contributed by atoms with E-state index in [0.717, 1.165) is 0 Å². The van der Waals surface area contributed by atoms with Crippen molar-refractivity contribution in [3.63, 3.8) is 0 Å². The van der Waals surface area contributed by atoms with Crippen LogP contribution in [0.5, 0.6) is 0 Å². The molecule has 5 nitrogen and oxygen atoms in total. The number of carboxylic acids is 1. The zero-order chi connectivity index (χ0) is 10.6. The SMILES string of the molecule is CCC(C)(NCc1ccno1)C(=O)O. The van der Waals surface area contributed by atoms with Gasteiger partial charge in [-0.05, 0) is 13.3 Å². The van der Waals surface area contributed by atoms with Gasteiger partial charge < -0.3 is 9.63 Å². The van der Waals surface area contributed by atoms with Crippen molar-refractivity contribution in [3.8, 4) is 0 Å². The van der Waals surface area contributed by atoms with Crippen LogP contribution in [0.4, 0.5) is 0 Å². The Balaban J connectivity index is 2.54. The van der Waals surface area contributed by atoms with Crippen LogP contribution < -0.4 is 5.32 Å². The Morgan fingerprint density at radius 1 is 1.79 bits per heavy atom. The summed E-state index contributed by atoms with van der Waals surface area (Å²) in [5, 5.41) is 15.4. The van der Waals surface area contributed by atoms with Gasteiger partial charge in [0.25, 0.3) is 0 Å². The number of aromatic nitrogens is 1. The summed E-state index contributed by atoms with van der Waals surface area (Å²) in [7, 11) is 0. The fourth-order valence-corrected chi connectivity index (χ4v) is 0.967. The topological polar surface area (TPSA) is 75.4 Å². The first-order valence-corrected chi connectivity index (χ1v) is 4.46. The monoisotopic (exact) mass is 198 g/mol. The van der Waals surface area contributed by atoms with Crippen molar-refractivity contribution >= 4 is 5.97 Å². The number of aliphatic carboxylic acids is 1. The Kier molecular flexibility index (Phi) is 3.24. The summed E-state index contributed by atoms with van der Waals surface area (Å²) >= 11 is 0. The molecule has 0 saturated heterocycles. The third-order valence-electron chi connectivity index (χ3n) is 2.32. The molecule has 2 N–H and O–H groups in total. The zero-order valence-corrected chi connectivity index (χ0v) is 8.28. The minimum atomic E-state index is -0.910. The Morgan fingerprint density at radius 2 is 2.50 bits per heavy atom. The summed E-state index contributed by atoms with van der Waals surface area (Å²) in [6, 6.07) is 1.70. The highest BCUT2D eigenvalue weighted by molar-refractivity contribution is 5.78. The minimum Gasteiger partial charge on any atom is -0.480 e. The van der Waals surface area contributed by atoms with Crippen LogP contribution in [0.1, 0.15) is 26.0 Å². The second kappa shape index (κ2) is 4.23. The molecule has 0 fully saturated rings.